The minimum Gasteiger partial charge on any atom is -0.388 e. The van der Waals surface area contributed by atoms with Gasteiger partial charge in [-0.05, 0) is 18.6 Å². The lowest BCUT2D eigenvalue weighted by Crippen LogP contribution is -2.16. The van der Waals surface area contributed by atoms with Gasteiger partial charge in [0.15, 0.2) is 0 Å². The summed E-state index contributed by atoms with van der Waals surface area (Å²) in [6.07, 6.45) is 12.4. The summed E-state index contributed by atoms with van der Waals surface area (Å²) in [7, 11) is 0. The summed E-state index contributed by atoms with van der Waals surface area (Å²) in [4.78, 5) is 25.9. The first kappa shape index (κ1) is 19.8. The van der Waals surface area contributed by atoms with Crippen molar-refractivity contribution in [2.24, 2.45) is 0 Å². The highest BCUT2D eigenvalue weighted by molar-refractivity contribution is 6.21. The summed E-state index contributed by atoms with van der Waals surface area (Å²) >= 11 is 6.15. The number of aromatic amines is 1. The fraction of sp³-hybridized carbons (Fsp3) is 0.667. The van der Waals surface area contributed by atoms with E-state index >= 15 is 0 Å². The molecule has 0 saturated carbocycles. The smallest absolute Gasteiger partial charge is 0.362 e. The fourth-order valence-electron chi connectivity index (χ4n) is 2.44. The molecule has 1 aromatic rings. The first-order valence-electron chi connectivity index (χ1n) is 8.66. The minimum atomic E-state index is -0.657. The SMILES string of the molecule is CCCCCCCCCCC(Cl)CC(=O)OC(=O)c1ccc[nH]1. The summed E-state index contributed by atoms with van der Waals surface area (Å²) < 4.78 is 4.75. The van der Waals surface area contributed by atoms with Crippen molar-refractivity contribution < 1.29 is 14.3 Å². The topological polar surface area (TPSA) is 59.2 Å². The third-order valence-corrected chi connectivity index (χ3v) is 4.16. The van der Waals surface area contributed by atoms with Crippen molar-refractivity contribution in [3.63, 3.8) is 0 Å². The molecule has 1 rings (SSSR count). The molecule has 1 N–H and O–H groups in total. The number of ether oxygens (including phenoxy) is 1. The molecule has 1 unspecified atom stereocenters. The number of alkyl halides is 1. The predicted octanol–water partition coefficient (Wildman–Crippen LogP) is 5.23. The largest absolute Gasteiger partial charge is 0.388 e. The van der Waals surface area contributed by atoms with Crippen molar-refractivity contribution in [2.75, 3.05) is 0 Å². The van der Waals surface area contributed by atoms with Crippen LogP contribution in [0.2, 0.25) is 0 Å². The normalized spacial score (nSPS) is 12.1. The number of H-pyrrole nitrogens is 1. The zero-order valence-electron chi connectivity index (χ0n) is 14.0. The van der Waals surface area contributed by atoms with Gasteiger partial charge >= 0.3 is 11.9 Å². The van der Waals surface area contributed by atoms with Crippen molar-refractivity contribution in [3.8, 4) is 0 Å². The summed E-state index contributed by atoms with van der Waals surface area (Å²) in [5.41, 5.74) is 0.271. The van der Waals surface area contributed by atoms with Crippen LogP contribution in [0.1, 0.15) is 81.6 Å². The van der Waals surface area contributed by atoms with Crippen LogP contribution in [0.5, 0.6) is 0 Å². The summed E-state index contributed by atoms with van der Waals surface area (Å²) in [6, 6.07) is 3.24. The van der Waals surface area contributed by atoms with E-state index in [1.807, 2.05) is 0 Å². The molecule has 0 bridgehead atoms. The average molecular weight is 342 g/mol. The van der Waals surface area contributed by atoms with Crippen LogP contribution in [0, 0.1) is 0 Å². The molecule has 0 saturated heterocycles. The molecule has 0 fully saturated rings. The fourth-order valence-corrected chi connectivity index (χ4v) is 2.72. The molecule has 1 aromatic heterocycles. The van der Waals surface area contributed by atoms with Crippen LogP contribution in [-0.2, 0) is 9.53 Å². The van der Waals surface area contributed by atoms with Crippen LogP contribution < -0.4 is 0 Å². The second kappa shape index (κ2) is 12.2. The molecule has 130 valence electrons. The van der Waals surface area contributed by atoms with Crippen molar-refractivity contribution in [3.05, 3.63) is 24.0 Å². The van der Waals surface area contributed by atoms with E-state index in [9.17, 15) is 9.59 Å². The van der Waals surface area contributed by atoms with Crippen molar-refractivity contribution >= 4 is 23.5 Å². The zero-order chi connectivity index (χ0) is 16.9. The number of unbranched alkanes of at least 4 members (excludes halogenated alkanes) is 7. The number of hydrogen-bond acceptors (Lipinski definition) is 3. The zero-order valence-corrected chi connectivity index (χ0v) is 14.7. The molecule has 0 aliphatic carbocycles. The molecule has 0 radical (unpaired) electrons. The Balaban J connectivity index is 2.03. The number of carbonyl (C=O) groups is 2. The van der Waals surface area contributed by atoms with Gasteiger partial charge in [0.2, 0.25) is 0 Å². The lowest BCUT2D eigenvalue weighted by atomic mass is 10.1. The second-order valence-corrected chi connectivity index (χ2v) is 6.53. The lowest BCUT2D eigenvalue weighted by molar-refractivity contribution is -0.138. The maximum atomic E-state index is 11.7. The molecule has 1 heterocycles. The maximum absolute atomic E-state index is 11.7. The third-order valence-electron chi connectivity index (χ3n) is 3.78. The molecule has 0 aliphatic heterocycles. The number of esters is 2. The summed E-state index contributed by atoms with van der Waals surface area (Å²) in [5, 5.41) is -0.265. The first-order chi connectivity index (χ1) is 11.1. The van der Waals surface area contributed by atoms with Crippen LogP contribution in [0.25, 0.3) is 0 Å². The predicted molar refractivity (Wildman–Crippen MR) is 92.7 cm³/mol. The molecule has 4 nitrogen and oxygen atoms in total. The molecule has 23 heavy (non-hydrogen) atoms. The van der Waals surface area contributed by atoms with Gasteiger partial charge in [-0.2, -0.15) is 0 Å². The van der Waals surface area contributed by atoms with Crippen LogP contribution in [-0.4, -0.2) is 22.3 Å². The van der Waals surface area contributed by atoms with E-state index in [0.717, 1.165) is 19.3 Å². The number of hydrogen-bond donors (Lipinski definition) is 1. The molecule has 0 amide bonds. The Bertz CT molecular complexity index is 445. The van der Waals surface area contributed by atoms with Crippen LogP contribution >= 0.6 is 11.6 Å². The molecular formula is C18H28ClNO3. The van der Waals surface area contributed by atoms with Gasteiger partial charge in [-0.15, -0.1) is 11.6 Å². The Morgan fingerprint density at radius 1 is 1.13 bits per heavy atom. The van der Waals surface area contributed by atoms with E-state index in [-0.39, 0.29) is 17.5 Å². The second-order valence-electron chi connectivity index (χ2n) is 5.91. The van der Waals surface area contributed by atoms with Crippen molar-refractivity contribution in [1.29, 1.82) is 0 Å². The molecule has 1 atom stereocenters. The summed E-state index contributed by atoms with van der Waals surface area (Å²) in [5.74, 6) is -1.22. The molecule has 0 spiro atoms. The first-order valence-corrected chi connectivity index (χ1v) is 9.09. The Hall–Kier alpha value is -1.29. The van der Waals surface area contributed by atoms with Crippen LogP contribution in [0.4, 0.5) is 0 Å². The maximum Gasteiger partial charge on any atom is 0.362 e. The highest BCUT2D eigenvalue weighted by Crippen LogP contribution is 2.16. The van der Waals surface area contributed by atoms with Gasteiger partial charge in [-0.25, -0.2) is 4.79 Å². The van der Waals surface area contributed by atoms with E-state index in [2.05, 4.69) is 11.9 Å². The molecule has 0 aliphatic rings. The van der Waals surface area contributed by atoms with Gasteiger partial charge < -0.3 is 9.72 Å². The van der Waals surface area contributed by atoms with E-state index in [0.29, 0.717) is 0 Å². The Labute approximate surface area is 143 Å². The van der Waals surface area contributed by atoms with Crippen molar-refractivity contribution in [1.82, 2.24) is 4.98 Å². The minimum absolute atomic E-state index is 0.0739. The number of carbonyl (C=O) groups excluding carboxylic acids is 2. The van der Waals surface area contributed by atoms with Gasteiger partial charge in [0, 0.05) is 11.6 Å². The summed E-state index contributed by atoms with van der Waals surface area (Å²) in [6.45, 7) is 2.22. The van der Waals surface area contributed by atoms with Crippen LogP contribution in [0.3, 0.4) is 0 Å². The molecule has 5 heteroatoms. The monoisotopic (exact) mass is 341 g/mol. The third kappa shape index (κ3) is 9.44. The Morgan fingerprint density at radius 3 is 2.39 bits per heavy atom. The van der Waals surface area contributed by atoms with Gasteiger partial charge in [0.25, 0.3) is 0 Å². The highest BCUT2D eigenvalue weighted by atomic mass is 35.5. The van der Waals surface area contributed by atoms with Gasteiger partial charge in [-0.1, -0.05) is 58.3 Å². The van der Waals surface area contributed by atoms with E-state index in [4.69, 9.17) is 16.3 Å². The van der Waals surface area contributed by atoms with E-state index < -0.39 is 11.9 Å². The van der Waals surface area contributed by atoms with Gasteiger partial charge in [-0.3, -0.25) is 4.79 Å². The number of aromatic nitrogens is 1. The molecule has 0 aromatic carbocycles. The Kier molecular flexibility index (Phi) is 10.5. The number of halogens is 1. The van der Waals surface area contributed by atoms with E-state index in [1.54, 1.807) is 18.3 Å². The van der Waals surface area contributed by atoms with Gasteiger partial charge in [0.05, 0.1) is 6.42 Å². The number of rotatable bonds is 12. The van der Waals surface area contributed by atoms with Crippen molar-refractivity contribution in [2.45, 2.75) is 76.5 Å². The quantitative estimate of drug-likeness (QED) is 0.245. The standard InChI is InChI=1S/C18H28ClNO3/c1-2-3-4-5-6-7-8-9-11-15(19)14-17(21)23-18(22)16-12-10-13-20-16/h10,12-13,15,20H,2-9,11,14H2,1H3. The molecular weight excluding hydrogens is 314 g/mol. The van der Waals surface area contributed by atoms with E-state index in [1.165, 1.54) is 38.5 Å². The Morgan fingerprint density at radius 2 is 1.78 bits per heavy atom. The average Bonchev–Trinajstić information content (AvgIpc) is 3.04. The lowest BCUT2D eigenvalue weighted by Gasteiger charge is -2.08. The van der Waals surface area contributed by atoms with Gasteiger partial charge in [0.1, 0.15) is 5.69 Å². The highest BCUT2D eigenvalue weighted by Gasteiger charge is 2.17. The van der Waals surface area contributed by atoms with Crippen LogP contribution in [0.15, 0.2) is 18.3 Å². The number of nitrogens with one attached hydrogen (secondary N) is 1.